The van der Waals surface area contributed by atoms with Crippen molar-refractivity contribution in [3.05, 3.63) is 133 Å². The molecule has 0 bridgehead atoms. The highest BCUT2D eigenvalue weighted by molar-refractivity contribution is 7.91. The van der Waals surface area contributed by atoms with E-state index < -0.39 is 65.2 Å². The third kappa shape index (κ3) is 10.6. The van der Waals surface area contributed by atoms with Crippen LogP contribution in [0.1, 0.15) is 86.5 Å². The molecule has 2 aromatic carbocycles. The third-order valence-electron chi connectivity index (χ3n) is 13.1. The Morgan fingerprint density at radius 3 is 1.19 bits per heavy atom. The average Bonchev–Trinajstić information content (AvgIpc) is 4.28. The van der Waals surface area contributed by atoms with Gasteiger partial charge >= 0.3 is 0 Å². The fourth-order valence-electron chi connectivity index (χ4n) is 9.77. The largest absolute Gasteiger partial charge is 0.494 e. The lowest BCUT2D eigenvalue weighted by Crippen LogP contribution is -2.34. The van der Waals surface area contributed by atoms with Crippen molar-refractivity contribution in [1.29, 1.82) is 0 Å². The normalized spacial score (nSPS) is 18.0. The number of benzene rings is 2. The van der Waals surface area contributed by atoms with Gasteiger partial charge in [0.05, 0.1) is 76.3 Å². The van der Waals surface area contributed by atoms with Crippen LogP contribution < -0.4 is 18.9 Å². The molecule has 0 N–H and O–H groups in total. The minimum atomic E-state index is -3.78. The van der Waals surface area contributed by atoms with Crippen LogP contribution in [0.2, 0.25) is 0 Å². The zero-order valence-electron chi connectivity index (χ0n) is 40.7. The first kappa shape index (κ1) is 51.3. The van der Waals surface area contributed by atoms with Crippen LogP contribution in [0.5, 0.6) is 23.0 Å². The van der Waals surface area contributed by atoms with Gasteiger partial charge in [-0.25, -0.2) is 45.6 Å². The maximum atomic E-state index is 13.9. The Hall–Kier alpha value is -7.60. The molecule has 10 rings (SSSR count). The van der Waals surface area contributed by atoms with Crippen molar-refractivity contribution in [2.24, 2.45) is 0 Å². The molecule has 24 heteroatoms. The molecular weight excluding hydrogens is 1000 g/mol. The second-order valence-corrected chi connectivity index (χ2v) is 22.0. The van der Waals surface area contributed by atoms with Crippen LogP contribution in [0.25, 0.3) is 34.5 Å². The predicted molar refractivity (Wildman–Crippen MR) is 264 cm³/mol. The summed E-state index contributed by atoms with van der Waals surface area (Å²) in [5.74, 6) is 1.40. The third-order valence-corrected chi connectivity index (χ3v) is 17.4. The van der Waals surface area contributed by atoms with E-state index in [-0.39, 0.29) is 11.6 Å². The molecule has 20 nitrogen and oxygen atoms in total. The SMILES string of the molecule is COc1cccc(OC)c1-n1c(CS(=O)(=O)[C@@H]2CCCC[C@H]2c2ncc(F)cn2)nnc1-c1ccco1.COc1cccc(OC)c1-n1c(CS(=O)(=O)[C@@H]2CCCC[C@H]2c2ncc(F)cn2)nnc1-c1ccco1. The molecule has 2 aliphatic rings. The van der Waals surface area contributed by atoms with Crippen LogP contribution >= 0.6 is 0 Å². The number of methoxy groups -OCH3 is 4. The van der Waals surface area contributed by atoms with Gasteiger partial charge in [-0.1, -0.05) is 37.8 Å². The molecule has 0 aliphatic heterocycles. The van der Waals surface area contributed by atoms with Crippen LogP contribution in [-0.4, -0.2) is 105 Å². The van der Waals surface area contributed by atoms with Gasteiger partial charge in [0.15, 0.2) is 54.5 Å². The van der Waals surface area contributed by atoms with E-state index in [2.05, 4.69) is 40.3 Å². The topological polar surface area (TPSA) is 244 Å². The van der Waals surface area contributed by atoms with Gasteiger partial charge in [0.2, 0.25) is 11.6 Å². The Labute approximate surface area is 425 Å². The fraction of sp³-hybridized carbons (Fsp3) is 0.360. The molecule has 0 saturated heterocycles. The average molecular weight is 1060 g/mol. The highest BCUT2D eigenvalue weighted by atomic mass is 32.2. The summed E-state index contributed by atoms with van der Waals surface area (Å²) in [6, 6.07) is 17.3. The van der Waals surface area contributed by atoms with Gasteiger partial charge in [-0.05, 0) is 74.2 Å². The molecule has 0 spiro atoms. The highest BCUT2D eigenvalue weighted by Crippen LogP contribution is 2.42. The molecule has 2 fully saturated rings. The van der Waals surface area contributed by atoms with Crippen LogP contribution in [0, 0.1) is 11.6 Å². The monoisotopic (exact) mass is 1050 g/mol. The van der Waals surface area contributed by atoms with Crippen LogP contribution in [0.3, 0.4) is 0 Å². The molecule has 6 aromatic heterocycles. The first-order valence-corrected chi connectivity index (χ1v) is 27.1. The molecule has 2 saturated carbocycles. The summed E-state index contributed by atoms with van der Waals surface area (Å²) in [5.41, 5.74) is 0.910. The van der Waals surface area contributed by atoms with E-state index in [1.165, 1.54) is 41.0 Å². The predicted octanol–water partition coefficient (Wildman–Crippen LogP) is 8.23. The molecule has 74 heavy (non-hydrogen) atoms. The lowest BCUT2D eigenvalue weighted by molar-refractivity contribution is 0.390. The Morgan fingerprint density at radius 2 is 0.865 bits per heavy atom. The van der Waals surface area contributed by atoms with E-state index in [0.717, 1.165) is 50.5 Å². The molecule has 388 valence electrons. The zero-order chi connectivity index (χ0) is 52.0. The van der Waals surface area contributed by atoms with Gasteiger partial charge in [0, 0.05) is 11.8 Å². The maximum Gasteiger partial charge on any atom is 0.204 e. The van der Waals surface area contributed by atoms with Gasteiger partial charge in [-0.2, -0.15) is 0 Å². The molecule has 0 radical (unpaired) electrons. The Morgan fingerprint density at radius 1 is 0.514 bits per heavy atom. The Balaban J connectivity index is 0.000000182. The van der Waals surface area contributed by atoms with Crippen LogP contribution in [-0.2, 0) is 31.2 Å². The van der Waals surface area contributed by atoms with E-state index in [1.54, 1.807) is 69.8 Å². The van der Waals surface area contributed by atoms with Crippen molar-refractivity contribution < 1.29 is 53.4 Å². The maximum absolute atomic E-state index is 13.9. The second kappa shape index (κ2) is 22.3. The smallest absolute Gasteiger partial charge is 0.204 e. The lowest BCUT2D eigenvalue weighted by Gasteiger charge is -2.30. The second-order valence-electron chi connectivity index (χ2n) is 17.5. The van der Waals surface area contributed by atoms with E-state index in [0.29, 0.717) is 94.9 Å². The highest BCUT2D eigenvalue weighted by Gasteiger charge is 2.41. The zero-order valence-corrected chi connectivity index (χ0v) is 42.4. The van der Waals surface area contributed by atoms with Crippen molar-refractivity contribution in [3.8, 4) is 57.5 Å². The van der Waals surface area contributed by atoms with Gasteiger partial charge < -0.3 is 27.8 Å². The van der Waals surface area contributed by atoms with Crippen LogP contribution in [0.4, 0.5) is 8.78 Å². The number of para-hydroxylation sites is 2. The number of sulfone groups is 2. The molecule has 8 aromatic rings. The van der Waals surface area contributed by atoms with Gasteiger partial charge in [0.25, 0.3) is 0 Å². The van der Waals surface area contributed by atoms with Gasteiger partial charge in [-0.3, -0.25) is 9.13 Å². The summed E-state index contributed by atoms with van der Waals surface area (Å²) in [5, 5.41) is 15.6. The van der Waals surface area contributed by atoms with Gasteiger partial charge in [0.1, 0.15) is 57.5 Å². The van der Waals surface area contributed by atoms with Crippen molar-refractivity contribution in [1.82, 2.24) is 49.5 Å². The van der Waals surface area contributed by atoms with Gasteiger partial charge in [-0.15, -0.1) is 20.4 Å². The number of aromatic nitrogens is 10. The number of furan rings is 2. The van der Waals surface area contributed by atoms with E-state index >= 15 is 0 Å². The summed E-state index contributed by atoms with van der Waals surface area (Å²) in [6.07, 6.45) is 12.6. The summed E-state index contributed by atoms with van der Waals surface area (Å²) in [6.45, 7) is 0. The summed E-state index contributed by atoms with van der Waals surface area (Å²) in [7, 11) is -1.50. The van der Waals surface area contributed by atoms with Crippen LogP contribution in [0.15, 0.2) is 107 Å². The van der Waals surface area contributed by atoms with E-state index in [9.17, 15) is 25.6 Å². The summed E-state index contributed by atoms with van der Waals surface area (Å²) in [4.78, 5) is 16.4. The number of rotatable bonds is 16. The molecule has 2 aliphatic carbocycles. The number of ether oxygens (including phenoxy) is 4. The minimum absolute atomic E-state index is 0.179. The molecule has 0 unspecified atom stereocenters. The first-order chi connectivity index (χ1) is 35.8. The molecular formula is C50H52F2N10O10S2. The van der Waals surface area contributed by atoms with Crippen molar-refractivity contribution in [3.63, 3.8) is 0 Å². The Bertz CT molecular complexity index is 3120. The summed E-state index contributed by atoms with van der Waals surface area (Å²) < 4.78 is 119. The van der Waals surface area contributed by atoms with Crippen molar-refractivity contribution >= 4 is 19.7 Å². The summed E-state index contributed by atoms with van der Waals surface area (Å²) >= 11 is 0. The minimum Gasteiger partial charge on any atom is -0.494 e. The van der Waals surface area contributed by atoms with E-state index in [1.807, 2.05) is 0 Å². The fourth-order valence-corrected chi connectivity index (χ4v) is 13.9. The molecule has 0 amide bonds. The Kier molecular flexibility index (Phi) is 15.4. The number of hydrogen-bond donors (Lipinski definition) is 0. The van der Waals surface area contributed by atoms with E-state index in [4.69, 9.17) is 27.8 Å². The van der Waals surface area contributed by atoms with Crippen molar-refractivity contribution in [2.45, 2.75) is 85.2 Å². The standard InChI is InChI=1S/2C25H26FN5O5S/c2*1-34-18-8-5-9-19(35-2)23(18)31-22(29-30-25(31)20-10-6-12-36-20)15-37(32,33)21-11-4-3-7-17(21)24-27-13-16(26)14-28-24/h2*5-6,8-10,12-14,17,21H,3-4,7,11,15H2,1-2H3/t2*17-,21-/m11/s1. The molecule has 6 heterocycles. The first-order valence-electron chi connectivity index (χ1n) is 23.6. The number of halogens is 2. The number of hydrogen-bond acceptors (Lipinski definition) is 18. The number of nitrogens with zero attached hydrogens (tertiary/aromatic N) is 10. The van der Waals surface area contributed by atoms with Crippen molar-refractivity contribution in [2.75, 3.05) is 28.4 Å². The molecule has 4 atom stereocenters. The lowest BCUT2D eigenvalue weighted by atomic mass is 9.88. The quantitative estimate of drug-likeness (QED) is 0.0884.